The molecule has 2 aromatic heterocycles. The molecule has 0 spiro atoms. The molecule has 234 valence electrons. The summed E-state index contributed by atoms with van der Waals surface area (Å²) in [6, 6.07) is 6.31. The van der Waals surface area contributed by atoms with E-state index >= 15 is 0 Å². The van der Waals surface area contributed by atoms with Gasteiger partial charge in [0.05, 0.1) is 0 Å². The van der Waals surface area contributed by atoms with Crippen LogP contribution in [0.25, 0.3) is 0 Å². The number of esters is 2. The molecule has 2 fully saturated rings. The van der Waals surface area contributed by atoms with Gasteiger partial charge in [0.25, 0.3) is 11.8 Å². The van der Waals surface area contributed by atoms with Gasteiger partial charge in [-0.2, -0.15) is 0 Å². The molecule has 44 heavy (non-hydrogen) atoms. The smallest absolute Gasteiger partial charge is 0.418 e. The van der Waals surface area contributed by atoms with Gasteiger partial charge in [-0.05, 0) is 87.5 Å². The second kappa shape index (κ2) is 15.0. The van der Waals surface area contributed by atoms with Gasteiger partial charge < -0.3 is 30.7 Å². The van der Waals surface area contributed by atoms with Crippen LogP contribution >= 0.6 is 0 Å². The number of hydrogen-bond donors (Lipinski definition) is 4. The second-order valence-corrected chi connectivity index (χ2v) is 11.1. The summed E-state index contributed by atoms with van der Waals surface area (Å²) in [7, 11) is 0. The first kappa shape index (κ1) is 32.0. The first-order chi connectivity index (χ1) is 21.3. The molecule has 2 saturated carbocycles. The predicted octanol–water partition coefficient (Wildman–Crippen LogP) is 1.49. The van der Waals surface area contributed by atoms with Crippen molar-refractivity contribution in [2.45, 2.75) is 62.6 Å². The fraction of sp³-hybridized carbons (Fsp3) is 0.467. The average molecular weight is 609 g/mol. The van der Waals surface area contributed by atoms with Crippen LogP contribution in [0.3, 0.4) is 0 Å². The van der Waals surface area contributed by atoms with Gasteiger partial charge in [-0.15, -0.1) is 0 Å². The summed E-state index contributed by atoms with van der Waals surface area (Å²) < 4.78 is 11.3. The Labute approximate surface area is 254 Å². The Morgan fingerprint density at radius 2 is 1.00 bits per heavy atom. The van der Waals surface area contributed by atoms with Crippen LogP contribution in [0.2, 0.25) is 0 Å². The number of aromatic nitrogens is 2. The van der Waals surface area contributed by atoms with Gasteiger partial charge in [0.2, 0.25) is 12.8 Å². The number of nitrogens with zero attached hydrogens (tertiary/aromatic N) is 2. The molecule has 0 saturated heterocycles. The lowest BCUT2D eigenvalue weighted by atomic mass is 9.77. The molecular formula is C30H36N6O8. The summed E-state index contributed by atoms with van der Waals surface area (Å²) in [4.78, 5) is 83.0. The van der Waals surface area contributed by atoms with Crippen molar-refractivity contribution in [3.05, 3.63) is 49.1 Å². The zero-order valence-electron chi connectivity index (χ0n) is 24.2. The Hall–Kier alpha value is -4.88. The van der Waals surface area contributed by atoms with E-state index in [4.69, 9.17) is 9.47 Å². The lowest BCUT2D eigenvalue weighted by Crippen LogP contribution is -2.53. The molecule has 0 aliphatic heterocycles. The molecule has 0 bridgehead atoms. The van der Waals surface area contributed by atoms with Crippen LogP contribution in [-0.2, 0) is 38.2 Å². The van der Waals surface area contributed by atoms with E-state index in [-0.39, 0.29) is 37.5 Å². The monoisotopic (exact) mass is 608 g/mol. The minimum Gasteiger partial charge on any atom is -0.441 e. The van der Waals surface area contributed by atoms with E-state index in [2.05, 4.69) is 31.2 Å². The van der Waals surface area contributed by atoms with Crippen molar-refractivity contribution < 1.29 is 38.2 Å². The van der Waals surface area contributed by atoms with Gasteiger partial charge in [-0.1, -0.05) is 0 Å². The summed E-state index contributed by atoms with van der Waals surface area (Å²) >= 11 is 0. The van der Waals surface area contributed by atoms with Crippen molar-refractivity contribution >= 4 is 47.9 Å². The normalized spacial score (nSPS) is 24.5. The highest BCUT2D eigenvalue weighted by Crippen LogP contribution is 2.38. The number of pyridine rings is 2. The van der Waals surface area contributed by atoms with Crippen molar-refractivity contribution in [2.24, 2.45) is 11.8 Å². The van der Waals surface area contributed by atoms with E-state index in [9.17, 15) is 28.8 Å². The standard InChI is InChI=1S/C30H36N6O8/c37-19-33-17-21-1-9-29(10-2-21,27(41)35-23-5-13-31-14-6-23)43-25(39)26(40)44-30(11-3-22(4-12-30)18-34-20-38)28(42)36-24-7-15-32-16-8-24/h5-8,13-16,19-22H,1-4,9-12,17-18H2,(H,33,37)(H,34,38)(H,31,35,41)(H,32,36,42). The van der Waals surface area contributed by atoms with Crippen molar-refractivity contribution in [1.29, 1.82) is 0 Å². The Kier molecular flexibility index (Phi) is 10.9. The van der Waals surface area contributed by atoms with Crippen LogP contribution < -0.4 is 21.3 Å². The molecule has 0 atom stereocenters. The summed E-state index contributed by atoms with van der Waals surface area (Å²) in [5.41, 5.74) is -2.50. The van der Waals surface area contributed by atoms with Crippen LogP contribution in [0.1, 0.15) is 51.4 Å². The SMILES string of the molecule is O=CNCC1CCC(OC(=O)C(=O)OC2(C(=O)Nc3ccncc3)CCC(CNC=O)CC2)(C(=O)Nc2ccncc2)CC1. The number of carbonyl (C=O) groups excluding carboxylic acids is 6. The number of nitrogens with one attached hydrogen (secondary N) is 4. The highest BCUT2D eigenvalue weighted by Gasteiger charge is 2.50. The third-order valence-electron chi connectivity index (χ3n) is 8.25. The van der Waals surface area contributed by atoms with Crippen LogP contribution in [0.5, 0.6) is 0 Å². The average Bonchev–Trinajstić information content (AvgIpc) is 3.05. The highest BCUT2D eigenvalue weighted by atomic mass is 16.6. The highest BCUT2D eigenvalue weighted by molar-refractivity contribution is 6.30. The van der Waals surface area contributed by atoms with E-state index in [0.717, 1.165) is 0 Å². The van der Waals surface area contributed by atoms with Crippen LogP contribution in [-0.4, -0.2) is 70.8 Å². The summed E-state index contributed by atoms with van der Waals surface area (Å²) in [5, 5.41) is 10.7. The van der Waals surface area contributed by atoms with E-state index in [0.29, 0.717) is 63.0 Å². The predicted molar refractivity (Wildman–Crippen MR) is 155 cm³/mol. The second-order valence-electron chi connectivity index (χ2n) is 11.1. The molecule has 14 heteroatoms. The first-order valence-electron chi connectivity index (χ1n) is 14.5. The topological polar surface area (TPSA) is 195 Å². The molecule has 2 aromatic rings. The third kappa shape index (κ3) is 8.14. The van der Waals surface area contributed by atoms with Crippen molar-refractivity contribution in [2.75, 3.05) is 23.7 Å². The fourth-order valence-electron chi connectivity index (χ4n) is 5.68. The molecule has 4 rings (SSSR count). The number of hydrogen-bond acceptors (Lipinski definition) is 10. The van der Waals surface area contributed by atoms with Gasteiger partial charge >= 0.3 is 11.9 Å². The number of amides is 4. The molecule has 0 unspecified atom stereocenters. The maximum atomic E-state index is 13.5. The van der Waals surface area contributed by atoms with Crippen LogP contribution in [0, 0.1) is 11.8 Å². The molecule has 2 heterocycles. The van der Waals surface area contributed by atoms with Gasteiger partial charge in [0, 0.05) is 49.3 Å². The number of rotatable bonds is 12. The van der Waals surface area contributed by atoms with Gasteiger partial charge in [-0.3, -0.25) is 29.1 Å². The Balaban J connectivity index is 1.50. The van der Waals surface area contributed by atoms with Crippen molar-refractivity contribution in [3.8, 4) is 0 Å². The summed E-state index contributed by atoms with van der Waals surface area (Å²) in [6.45, 7) is 0.806. The van der Waals surface area contributed by atoms with Crippen molar-refractivity contribution in [3.63, 3.8) is 0 Å². The molecule has 14 nitrogen and oxygen atoms in total. The molecule has 0 radical (unpaired) electrons. The number of ether oxygens (including phenoxy) is 2. The third-order valence-corrected chi connectivity index (χ3v) is 8.25. The minimum absolute atomic E-state index is 0.0525. The number of carbonyl (C=O) groups is 6. The quantitative estimate of drug-likeness (QED) is 0.156. The first-order valence-corrected chi connectivity index (χ1v) is 14.5. The minimum atomic E-state index is -1.68. The fourth-order valence-corrected chi connectivity index (χ4v) is 5.68. The Bertz CT molecular complexity index is 1210. The summed E-state index contributed by atoms with van der Waals surface area (Å²) in [6.07, 6.45) is 9.37. The zero-order valence-corrected chi connectivity index (χ0v) is 24.2. The number of anilines is 2. The van der Waals surface area contributed by atoms with Gasteiger partial charge in [0.1, 0.15) is 0 Å². The van der Waals surface area contributed by atoms with Crippen LogP contribution in [0.4, 0.5) is 11.4 Å². The lowest BCUT2D eigenvalue weighted by molar-refractivity contribution is -0.192. The van der Waals surface area contributed by atoms with E-state index in [1.807, 2.05) is 0 Å². The van der Waals surface area contributed by atoms with E-state index in [1.54, 1.807) is 24.3 Å². The van der Waals surface area contributed by atoms with Gasteiger partial charge in [-0.25, -0.2) is 9.59 Å². The summed E-state index contributed by atoms with van der Waals surface area (Å²) in [5.74, 6) is -3.89. The van der Waals surface area contributed by atoms with Crippen LogP contribution in [0.15, 0.2) is 49.1 Å². The van der Waals surface area contributed by atoms with E-state index in [1.165, 1.54) is 24.8 Å². The molecular weight excluding hydrogens is 572 g/mol. The van der Waals surface area contributed by atoms with E-state index < -0.39 is 35.0 Å². The Morgan fingerprint density at radius 1 is 0.659 bits per heavy atom. The lowest BCUT2D eigenvalue weighted by Gasteiger charge is -2.39. The largest absolute Gasteiger partial charge is 0.441 e. The zero-order chi connectivity index (χ0) is 31.4. The maximum Gasteiger partial charge on any atom is 0.418 e. The Morgan fingerprint density at radius 3 is 1.32 bits per heavy atom. The molecule has 0 aromatic carbocycles. The molecule has 4 amide bonds. The van der Waals surface area contributed by atoms with Crippen molar-refractivity contribution in [1.82, 2.24) is 20.6 Å². The maximum absolute atomic E-state index is 13.5. The van der Waals surface area contributed by atoms with Gasteiger partial charge in [0.15, 0.2) is 11.2 Å². The molecule has 2 aliphatic carbocycles. The molecule has 2 aliphatic rings. The molecule has 4 N–H and O–H groups in total.